The molecule has 5 nitrogen and oxygen atoms in total. The van der Waals surface area contributed by atoms with Gasteiger partial charge in [0.05, 0.1) is 11.3 Å². The number of hydrogen-bond acceptors (Lipinski definition) is 3. The van der Waals surface area contributed by atoms with E-state index in [2.05, 4.69) is 0 Å². The third-order valence-electron chi connectivity index (χ3n) is 5.41. The van der Waals surface area contributed by atoms with Gasteiger partial charge in [-0.05, 0) is 52.7 Å². The molecule has 0 radical (unpaired) electrons. The van der Waals surface area contributed by atoms with Crippen LogP contribution in [0.3, 0.4) is 0 Å². The van der Waals surface area contributed by atoms with E-state index in [0.717, 1.165) is 36.5 Å². The maximum absolute atomic E-state index is 12.8. The maximum atomic E-state index is 12.8. The number of ether oxygens (including phenoxy) is 1. The number of nitrogens with zero attached hydrogens (tertiary/aromatic N) is 3. The Balaban J connectivity index is 1.74. The smallest absolute Gasteiger partial charge is 0.416 e. The van der Waals surface area contributed by atoms with Crippen molar-refractivity contribution in [2.75, 3.05) is 13.1 Å². The van der Waals surface area contributed by atoms with Gasteiger partial charge in [-0.15, -0.1) is 0 Å². The quantitative estimate of drug-likeness (QED) is 0.638. The zero-order chi connectivity index (χ0) is 22.3. The molecular weight excluding hydrogens is 395 g/mol. The second-order valence-electron chi connectivity index (χ2n) is 8.78. The lowest BCUT2D eigenvalue weighted by molar-refractivity contribution is -0.137. The van der Waals surface area contributed by atoms with Crippen molar-refractivity contribution in [2.24, 2.45) is 7.05 Å². The molecule has 1 saturated heterocycles. The summed E-state index contributed by atoms with van der Waals surface area (Å²) in [5.41, 5.74) is 1.06. The van der Waals surface area contributed by atoms with E-state index in [1.165, 1.54) is 12.1 Å². The van der Waals surface area contributed by atoms with Gasteiger partial charge in [0.2, 0.25) is 0 Å². The number of carbonyl (C=O) groups is 1. The molecule has 1 aromatic heterocycles. The Labute approximate surface area is 174 Å². The van der Waals surface area contributed by atoms with Gasteiger partial charge < -0.3 is 14.2 Å². The van der Waals surface area contributed by atoms with E-state index in [-0.39, 0.29) is 12.0 Å². The van der Waals surface area contributed by atoms with Crippen LogP contribution in [-0.4, -0.2) is 39.2 Å². The van der Waals surface area contributed by atoms with Crippen molar-refractivity contribution < 1.29 is 22.7 Å². The first-order valence-electron chi connectivity index (χ1n) is 10.1. The Bertz CT molecular complexity index is 903. The van der Waals surface area contributed by atoms with Gasteiger partial charge in [0, 0.05) is 37.3 Å². The first kappa shape index (κ1) is 22.2. The third-order valence-corrected chi connectivity index (χ3v) is 5.41. The summed E-state index contributed by atoms with van der Waals surface area (Å²) in [5, 5.41) is 0. The molecule has 0 N–H and O–H groups in total. The first-order valence-corrected chi connectivity index (χ1v) is 10.1. The van der Waals surface area contributed by atoms with Gasteiger partial charge in [0.15, 0.2) is 0 Å². The molecule has 2 aromatic rings. The molecule has 30 heavy (non-hydrogen) atoms. The summed E-state index contributed by atoms with van der Waals surface area (Å²) in [5.74, 6) is 1.07. The molecule has 0 atom stereocenters. The van der Waals surface area contributed by atoms with Crippen LogP contribution in [0.5, 0.6) is 0 Å². The number of carbonyl (C=O) groups excluding carboxylic acids is 1. The van der Waals surface area contributed by atoms with Crippen LogP contribution in [-0.2, 0) is 18.0 Å². The Hall–Kier alpha value is -2.51. The molecule has 0 spiro atoms. The predicted octanol–water partition coefficient (Wildman–Crippen LogP) is 5.53. The second-order valence-corrected chi connectivity index (χ2v) is 8.78. The van der Waals surface area contributed by atoms with Gasteiger partial charge in [-0.1, -0.05) is 12.1 Å². The number of likely N-dealkylation sites (tertiary alicyclic amines) is 1. The molecule has 0 aliphatic carbocycles. The van der Waals surface area contributed by atoms with E-state index >= 15 is 0 Å². The summed E-state index contributed by atoms with van der Waals surface area (Å²) in [4.78, 5) is 18.8. The highest BCUT2D eigenvalue weighted by Gasteiger charge is 2.31. The van der Waals surface area contributed by atoms with Crippen LogP contribution in [0.4, 0.5) is 18.0 Å². The van der Waals surface area contributed by atoms with Crippen molar-refractivity contribution in [1.29, 1.82) is 0 Å². The van der Waals surface area contributed by atoms with E-state index in [0.29, 0.717) is 24.3 Å². The Morgan fingerprint density at radius 3 is 2.17 bits per heavy atom. The summed E-state index contributed by atoms with van der Waals surface area (Å²) < 4.78 is 45.9. The van der Waals surface area contributed by atoms with Crippen LogP contribution < -0.4 is 0 Å². The number of alkyl halides is 3. The molecule has 0 saturated carbocycles. The van der Waals surface area contributed by atoms with Crippen molar-refractivity contribution in [3.05, 3.63) is 41.3 Å². The Morgan fingerprint density at radius 1 is 1.10 bits per heavy atom. The molecule has 1 fully saturated rings. The standard InChI is InChI=1S/C22H28F3N3O2/c1-14-18(15-6-8-17(9-7-15)22(23,24)25)26-19(27(14)5)16-10-12-28(13-11-16)20(29)30-21(2,3)4/h6-9,16H,10-13H2,1-5H3. The number of benzene rings is 1. The fourth-order valence-electron chi connectivity index (χ4n) is 3.70. The molecule has 1 aliphatic rings. The molecule has 1 amide bonds. The van der Waals surface area contributed by atoms with Crippen LogP contribution in [0.25, 0.3) is 11.3 Å². The summed E-state index contributed by atoms with van der Waals surface area (Å²) in [6.07, 6.45) is -3.14. The number of rotatable bonds is 2. The zero-order valence-electron chi connectivity index (χ0n) is 18.0. The van der Waals surface area contributed by atoms with Gasteiger partial charge in [0.25, 0.3) is 0 Å². The van der Waals surface area contributed by atoms with E-state index in [9.17, 15) is 18.0 Å². The highest BCUT2D eigenvalue weighted by Crippen LogP contribution is 2.34. The number of aromatic nitrogens is 2. The molecule has 1 aromatic carbocycles. The van der Waals surface area contributed by atoms with E-state index in [1.54, 1.807) is 4.90 Å². The van der Waals surface area contributed by atoms with Crippen molar-refractivity contribution in [1.82, 2.24) is 14.5 Å². The van der Waals surface area contributed by atoms with Gasteiger partial charge in [0.1, 0.15) is 11.4 Å². The van der Waals surface area contributed by atoms with Gasteiger partial charge in [-0.2, -0.15) is 13.2 Å². The first-order chi connectivity index (χ1) is 13.9. The molecule has 164 valence electrons. The predicted molar refractivity (Wildman–Crippen MR) is 108 cm³/mol. The normalized spacial score (nSPS) is 16.1. The van der Waals surface area contributed by atoms with Crippen LogP contribution >= 0.6 is 0 Å². The fourth-order valence-corrected chi connectivity index (χ4v) is 3.70. The SMILES string of the molecule is Cc1c(-c2ccc(C(F)(F)F)cc2)nc(C2CCN(C(=O)OC(C)(C)C)CC2)n1C. The third kappa shape index (κ3) is 4.79. The van der Waals surface area contributed by atoms with E-state index in [1.807, 2.05) is 39.3 Å². The summed E-state index contributed by atoms with van der Waals surface area (Å²) in [6.45, 7) is 8.62. The average Bonchev–Trinajstić information content (AvgIpc) is 2.95. The van der Waals surface area contributed by atoms with Crippen LogP contribution in [0.15, 0.2) is 24.3 Å². The summed E-state index contributed by atoms with van der Waals surface area (Å²) >= 11 is 0. The number of piperidine rings is 1. The van der Waals surface area contributed by atoms with Crippen molar-refractivity contribution in [3.8, 4) is 11.3 Å². The molecule has 8 heteroatoms. The Morgan fingerprint density at radius 2 is 1.67 bits per heavy atom. The lowest BCUT2D eigenvalue weighted by Gasteiger charge is -2.33. The van der Waals surface area contributed by atoms with E-state index < -0.39 is 17.3 Å². The van der Waals surface area contributed by atoms with Gasteiger partial charge >= 0.3 is 12.3 Å². The molecular formula is C22H28F3N3O2. The number of halogens is 3. The molecule has 0 unspecified atom stereocenters. The topological polar surface area (TPSA) is 47.4 Å². The Kier molecular flexibility index (Phi) is 5.89. The van der Waals surface area contributed by atoms with Crippen LogP contribution in [0, 0.1) is 6.92 Å². The van der Waals surface area contributed by atoms with Gasteiger partial charge in [-0.25, -0.2) is 9.78 Å². The second kappa shape index (κ2) is 7.96. The number of imidazole rings is 1. The van der Waals surface area contributed by atoms with Crippen molar-refractivity contribution in [2.45, 2.75) is 58.2 Å². The zero-order valence-corrected chi connectivity index (χ0v) is 18.0. The monoisotopic (exact) mass is 423 g/mol. The van der Waals surface area contributed by atoms with Crippen LogP contribution in [0.2, 0.25) is 0 Å². The average molecular weight is 423 g/mol. The minimum Gasteiger partial charge on any atom is -0.444 e. The van der Waals surface area contributed by atoms with Crippen molar-refractivity contribution >= 4 is 6.09 Å². The highest BCUT2D eigenvalue weighted by atomic mass is 19.4. The van der Waals surface area contributed by atoms with Gasteiger partial charge in [-0.3, -0.25) is 0 Å². The number of amides is 1. The largest absolute Gasteiger partial charge is 0.444 e. The minimum absolute atomic E-state index is 0.176. The molecule has 3 rings (SSSR count). The summed E-state index contributed by atoms with van der Waals surface area (Å²) in [6, 6.07) is 5.10. The lowest BCUT2D eigenvalue weighted by Crippen LogP contribution is -2.41. The van der Waals surface area contributed by atoms with Crippen LogP contribution in [0.1, 0.15) is 56.6 Å². The highest BCUT2D eigenvalue weighted by molar-refractivity contribution is 5.68. The maximum Gasteiger partial charge on any atom is 0.416 e. The van der Waals surface area contributed by atoms with Crippen molar-refractivity contribution in [3.63, 3.8) is 0 Å². The molecule has 2 heterocycles. The lowest BCUT2D eigenvalue weighted by atomic mass is 9.96. The molecule has 0 bridgehead atoms. The summed E-state index contributed by atoms with van der Waals surface area (Å²) in [7, 11) is 1.92. The minimum atomic E-state index is -4.36. The number of hydrogen-bond donors (Lipinski definition) is 0. The fraction of sp³-hybridized carbons (Fsp3) is 0.545. The van der Waals surface area contributed by atoms with E-state index in [4.69, 9.17) is 9.72 Å². The molecule has 1 aliphatic heterocycles.